The molecule has 25 heavy (non-hydrogen) atoms. The summed E-state index contributed by atoms with van der Waals surface area (Å²) in [5, 5.41) is 12.5. The quantitative estimate of drug-likeness (QED) is 0.494. The Morgan fingerprint density at radius 2 is 1.92 bits per heavy atom. The number of hydrogen-bond acceptors (Lipinski definition) is 5. The zero-order valence-electron chi connectivity index (χ0n) is 12.3. The summed E-state index contributed by atoms with van der Waals surface area (Å²) in [6, 6.07) is 5.64. The normalized spacial score (nSPS) is 10.2. The lowest BCUT2D eigenvalue weighted by molar-refractivity contribution is -0.384. The van der Waals surface area contributed by atoms with Gasteiger partial charge in [-0.15, -0.1) is 0 Å². The molecule has 1 amide bonds. The van der Waals surface area contributed by atoms with Crippen LogP contribution in [0.25, 0.3) is 0 Å². The van der Waals surface area contributed by atoms with E-state index in [-0.39, 0.29) is 22.0 Å². The third kappa shape index (κ3) is 4.70. The van der Waals surface area contributed by atoms with Crippen LogP contribution in [-0.2, 0) is 9.53 Å². The molecular formula is C15H9ClF2N2O5. The van der Waals surface area contributed by atoms with E-state index in [2.05, 4.69) is 5.32 Å². The van der Waals surface area contributed by atoms with E-state index in [0.717, 1.165) is 30.3 Å². The lowest BCUT2D eigenvalue weighted by atomic mass is 10.2. The molecule has 2 rings (SSSR count). The molecule has 0 aliphatic rings. The van der Waals surface area contributed by atoms with Gasteiger partial charge in [0.2, 0.25) is 0 Å². The summed E-state index contributed by atoms with van der Waals surface area (Å²) in [7, 11) is 0. The van der Waals surface area contributed by atoms with E-state index in [1.807, 2.05) is 0 Å². The fourth-order valence-electron chi connectivity index (χ4n) is 1.77. The molecule has 2 aromatic carbocycles. The van der Waals surface area contributed by atoms with Crippen molar-refractivity contribution in [3.8, 4) is 0 Å². The highest BCUT2D eigenvalue weighted by Crippen LogP contribution is 2.23. The third-order valence-corrected chi connectivity index (χ3v) is 3.24. The van der Waals surface area contributed by atoms with Crippen LogP contribution in [0.15, 0.2) is 36.4 Å². The van der Waals surface area contributed by atoms with E-state index in [9.17, 15) is 28.5 Å². The molecule has 0 unspecified atom stereocenters. The molecule has 7 nitrogen and oxygen atoms in total. The maximum atomic E-state index is 13.4. The molecule has 0 bridgehead atoms. The molecule has 0 saturated carbocycles. The number of esters is 1. The molecule has 0 heterocycles. The third-order valence-electron chi connectivity index (χ3n) is 2.92. The number of rotatable bonds is 5. The second-order valence-electron chi connectivity index (χ2n) is 4.67. The van der Waals surface area contributed by atoms with Gasteiger partial charge < -0.3 is 10.1 Å². The second kappa shape index (κ2) is 7.67. The standard InChI is InChI=1S/C15H9ClF2N2O5/c16-11-6-9(20(23)24)2-3-10(11)15(22)25-7-14(21)19-13-4-1-8(17)5-12(13)18/h1-6H,7H2,(H,19,21). The summed E-state index contributed by atoms with van der Waals surface area (Å²) in [5.41, 5.74) is -0.769. The van der Waals surface area contributed by atoms with Gasteiger partial charge in [0.25, 0.3) is 11.6 Å². The van der Waals surface area contributed by atoms with Crippen LogP contribution >= 0.6 is 11.6 Å². The number of anilines is 1. The lowest BCUT2D eigenvalue weighted by Crippen LogP contribution is -2.21. The molecule has 0 saturated heterocycles. The molecule has 0 aliphatic heterocycles. The van der Waals surface area contributed by atoms with E-state index in [0.29, 0.717) is 6.07 Å². The average molecular weight is 371 g/mol. The Bertz CT molecular complexity index is 860. The Hall–Kier alpha value is -3.07. The lowest BCUT2D eigenvalue weighted by Gasteiger charge is -2.08. The van der Waals surface area contributed by atoms with Crippen molar-refractivity contribution < 1.29 is 28.0 Å². The SMILES string of the molecule is O=C(COC(=O)c1ccc([N+](=O)[O-])cc1Cl)Nc1ccc(F)cc1F. The first-order valence-corrected chi connectivity index (χ1v) is 7.01. The minimum absolute atomic E-state index is 0.173. The van der Waals surface area contributed by atoms with Gasteiger partial charge in [-0.05, 0) is 18.2 Å². The summed E-state index contributed by atoms with van der Waals surface area (Å²) >= 11 is 5.76. The number of nitro benzene ring substituents is 1. The van der Waals surface area contributed by atoms with Gasteiger partial charge in [0.1, 0.15) is 11.6 Å². The molecule has 0 atom stereocenters. The molecule has 130 valence electrons. The maximum absolute atomic E-state index is 13.4. The van der Waals surface area contributed by atoms with Gasteiger partial charge in [-0.25, -0.2) is 13.6 Å². The first kappa shape index (κ1) is 18.3. The number of carbonyl (C=O) groups is 2. The number of carbonyl (C=O) groups excluding carboxylic acids is 2. The van der Waals surface area contributed by atoms with Crippen molar-refractivity contribution in [2.75, 3.05) is 11.9 Å². The molecule has 1 N–H and O–H groups in total. The predicted octanol–water partition coefficient (Wildman–Crippen LogP) is 3.32. The van der Waals surface area contributed by atoms with Gasteiger partial charge in [0, 0.05) is 18.2 Å². The number of nitro groups is 1. The van der Waals surface area contributed by atoms with Crippen LogP contribution in [-0.4, -0.2) is 23.4 Å². The molecular weight excluding hydrogens is 362 g/mol. The highest BCUT2D eigenvalue weighted by Gasteiger charge is 2.17. The Morgan fingerprint density at radius 1 is 1.20 bits per heavy atom. The smallest absolute Gasteiger partial charge is 0.340 e. The van der Waals surface area contributed by atoms with Crippen molar-refractivity contribution in [3.63, 3.8) is 0 Å². The first-order chi connectivity index (χ1) is 11.8. The molecule has 0 radical (unpaired) electrons. The summed E-state index contributed by atoms with van der Waals surface area (Å²) in [4.78, 5) is 33.4. The van der Waals surface area contributed by atoms with Crippen LogP contribution in [0.1, 0.15) is 10.4 Å². The Kier molecular flexibility index (Phi) is 5.60. The summed E-state index contributed by atoms with van der Waals surface area (Å²) in [6.45, 7) is -0.761. The zero-order valence-corrected chi connectivity index (χ0v) is 13.0. The topological polar surface area (TPSA) is 98.5 Å². The molecule has 2 aromatic rings. The summed E-state index contributed by atoms with van der Waals surface area (Å²) in [6.07, 6.45) is 0. The van der Waals surface area contributed by atoms with Crippen molar-refractivity contribution in [3.05, 3.63) is 68.7 Å². The molecule has 0 aliphatic carbocycles. The summed E-state index contributed by atoms with van der Waals surface area (Å²) < 4.78 is 30.9. The molecule has 10 heteroatoms. The number of non-ortho nitro benzene ring substituents is 1. The Balaban J connectivity index is 1.97. The van der Waals surface area contributed by atoms with Crippen molar-refractivity contribution in [1.82, 2.24) is 0 Å². The maximum Gasteiger partial charge on any atom is 0.340 e. The number of ether oxygens (including phenoxy) is 1. The Morgan fingerprint density at radius 3 is 2.52 bits per heavy atom. The number of nitrogens with zero attached hydrogens (tertiary/aromatic N) is 1. The van der Waals surface area contributed by atoms with Crippen LogP contribution in [0.2, 0.25) is 5.02 Å². The Labute approximate surface area is 144 Å². The predicted molar refractivity (Wildman–Crippen MR) is 83.4 cm³/mol. The largest absolute Gasteiger partial charge is 0.452 e. The van der Waals surface area contributed by atoms with E-state index in [1.54, 1.807) is 0 Å². The van der Waals surface area contributed by atoms with Crippen LogP contribution < -0.4 is 5.32 Å². The highest BCUT2D eigenvalue weighted by atomic mass is 35.5. The van der Waals surface area contributed by atoms with Gasteiger partial charge in [-0.2, -0.15) is 0 Å². The van der Waals surface area contributed by atoms with Gasteiger partial charge in [-0.3, -0.25) is 14.9 Å². The summed E-state index contributed by atoms with van der Waals surface area (Å²) in [5.74, 6) is -3.65. The van der Waals surface area contributed by atoms with Crippen LogP contribution in [0.4, 0.5) is 20.2 Å². The van der Waals surface area contributed by atoms with E-state index in [1.165, 1.54) is 0 Å². The fraction of sp³-hybridized carbons (Fsp3) is 0.0667. The van der Waals surface area contributed by atoms with Crippen LogP contribution in [0.5, 0.6) is 0 Å². The van der Waals surface area contributed by atoms with Crippen molar-refractivity contribution in [2.24, 2.45) is 0 Å². The van der Waals surface area contributed by atoms with E-state index in [4.69, 9.17) is 16.3 Å². The van der Waals surface area contributed by atoms with Gasteiger partial charge in [-0.1, -0.05) is 11.6 Å². The van der Waals surface area contributed by atoms with Crippen LogP contribution in [0.3, 0.4) is 0 Å². The van der Waals surface area contributed by atoms with Crippen LogP contribution in [0, 0.1) is 21.7 Å². The molecule has 0 spiro atoms. The number of nitrogens with one attached hydrogen (secondary N) is 1. The molecule has 0 aromatic heterocycles. The number of amides is 1. The van der Waals surface area contributed by atoms with E-state index >= 15 is 0 Å². The fourth-order valence-corrected chi connectivity index (χ4v) is 2.02. The first-order valence-electron chi connectivity index (χ1n) is 6.64. The monoisotopic (exact) mass is 370 g/mol. The average Bonchev–Trinajstić information content (AvgIpc) is 2.55. The zero-order chi connectivity index (χ0) is 18.6. The second-order valence-corrected chi connectivity index (χ2v) is 5.08. The number of hydrogen-bond donors (Lipinski definition) is 1. The van der Waals surface area contributed by atoms with E-state index < -0.39 is 35.0 Å². The minimum Gasteiger partial charge on any atom is -0.452 e. The van der Waals surface area contributed by atoms with Gasteiger partial charge in [0.05, 0.1) is 21.2 Å². The van der Waals surface area contributed by atoms with Gasteiger partial charge in [0.15, 0.2) is 6.61 Å². The van der Waals surface area contributed by atoms with Crippen molar-refractivity contribution in [1.29, 1.82) is 0 Å². The molecule has 0 fully saturated rings. The van der Waals surface area contributed by atoms with Crippen molar-refractivity contribution >= 4 is 34.9 Å². The van der Waals surface area contributed by atoms with Crippen molar-refractivity contribution in [2.45, 2.75) is 0 Å². The number of halogens is 3. The minimum atomic E-state index is -0.991. The highest BCUT2D eigenvalue weighted by molar-refractivity contribution is 6.33. The van der Waals surface area contributed by atoms with Gasteiger partial charge >= 0.3 is 5.97 Å². The number of benzene rings is 2.